The van der Waals surface area contributed by atoms with Crippen LogP contribution in [0.5, 0.6) is 5.75 Å². The van der Waals surface area contributed by atoms with Gasteiger partial charge in [0.25, 0.3) is 5.56 Å². The first-order valence-corrected chi connectivity index (χ1v) is 12.3. The number of carbonyl (C=O) groups excluding carboxylic acids is 1. The Bertz CT molecular complexity index is 1460. The summed E-state index contributed by atoms with van der Waals surface area (Å²) in [4.78, 5) is 34.1. The standard InChI is InChI=1S/C22H25N6O6P/c1-14(15(2)29)27-35(31,34-18-9-5-7-16-6-3-4-8-17(16)18)33-11-10-32-13-28-12-24-19-20(28)25-22(23)26-21(19)30/h3-9,12,14H,10-11,13H2,1-2H3,(H,27,31)(H3,23,25,26,30)/t14-,35?/m0/s1. The summed E-state index contributed by atoms with van der Waals surface area (Å²) in [6, 6.07) is 12.1. The Hall–Kier alpha value is -3.57. The molecule has 0 radical (unpaired) electrons. The van der Waals surface area contributed by atoms with Crippen molar-refractivity contribution < 1.29 is 23.1 Å². The van der Waals surface area contributed by atoms with Gasteiger partial charge >= 0.3 is 7.75 Å². The molecule has 4 rings (SSSR count). The van der Waals surface area contributed by atoms with E-state index in [1.807, 2.05) is 30.3 Å². The van der Waals surface area contributed by atoms with E-state index in [1.165, 1.54) is 17.8 Å². The smallest absolute Gasteiger partial charge is 0.413 e. The normalized spacial score (nSPS) is 14.1. The quantitative estimate of drug-likeness (QED) is 0.206. The van der Waals surface area contributed by atoms with Crippen LogP contribution in [0, 0.1) is 0 Å². The SMILES string of the molecule is CC(=O)[C@H](C)NP(=O)(OCCOCn1cnc2c(=O)[nH]c(N)nc21)Oc1cccc2ccccc12. The molecule has 0 amide bonds. The minimum atomic E-state index is -3.95. The largest absolute Gasteiger partial charge is 0.459 e. The van der Waals surface area contributed by atoms with Crippen LogP contribution in [-0.4, -0.2) is 44.6 Å². The lowest BCUT2D eigenvalue weighted by atomic mass is 10.1. The number of nitrogens with two attached hydrogens (primary N) is 1. The van der Waals surface area contributed by atoms with Crippen molar-refractivity contribution in [1.29, 1.82) is 0 Å². The van der Waals surface area contributed by atoms with Crippen LogP contribution >= 0.6 is 7.75 Å². The third-order valence-electron chi connectivity index (χ3n) is 5.14. The molecule has 1 unspecified atom stereocenters. The molecule has 0 spiro atoms. The van der Waals surface area contributed by atoms with Gasteiger partial charge in [0.05, 0.1) is 25.6 Å². The van der Waals surface area contributed by atoms with E-state index < -0.39 is 19.3 Å². The molecule has 0 fully saturated rings. The van der Waals surface area contributed by atoms with Gasteiger partial charge in [-0.1, -0.05) is 36.4 Å². The molecule has 4 N–H and O–H groups in total. The van der Waals surface area contributed by atoms with Crippen molar-refractivity contribution in [3.05, 3.63) is 59.1 Å². The number of ether oxygens (including phenoxy) is 1. The van der Waals surface area contributed by atoms with E-state index >= 15 is 0 Å². The van der Waals surface area contributed by atoms with Crippen LogP contribution in [0.3, 0.4) is 0 Å². The molecule has 2 heterocycles. The average molecular weight is 500 g/mol. The number of carbonyl (C=O) groups is 1. The number of hydrogen-bond acceptors (Lipinski definition) is 9. The molecular formula is C22H25N6O6P. The molecule has 12 nitrogen and oxygen atoms in total. The molecule has 2 aromatic carbocycles. The lowest BCUT2D eigenvalue weighted by Crippen LogP contribution is -2.32. The van der Waals surface area contributed by atoms with Gasteiger partial charge in [0.15, 0.2) is 11.2 Å². The van der Waals surface area contributed by atoms with Crippen LogP contribution in [0.4, 0.5) is 5.95 Å². The highest BCUT2D eigenvalue weighted by Gasteiger charge is 2.31. The van der Waals surface area contributed by atoms with Gasteiger partial charge in [-0.25, -0.2) is 14.6 Å². The Kier molecular flexibility index (Phi) is 7.27. The molecule has 35 heavy (non-hydrogen) atoms. The summed E-state index contributed by atoms with van der Waals surface area (Å²) in [5.74, 6) is 0.0967. The van der Waals surface area contributed by atoms with Crippen molar-refractivity contribution >= 4 is 41.4 Å². The van der Waals surface area contributed by atoms with Crippen LogP contribution in [0.1, 0.15) is 13.8 Å². The Labute approximate surface area is 200 Å². The number of Topliss-reactive ketones (excluding diaryl/α,β-unsaturated/α-hetero) is 1. The summed E-state index contributed by atoms with van der Waals surface area (Å²) in [5, 5.41) is 4.33. The number of nitrogens with zero attached hydrogens (tertiary/aromatic N) is 3. The summed E-state index contributed by atoms with van der Waals surface area (Å²) in [7, 11) is -3.95. The van der Waals surface area contributed by atoms with Crippen molar-refractivity contribution in [2.24, 2.45) is 0 Å². The minimum Gasteiger partial charge on any atom is -0.413 e. The second-order valence-corrected chi connectivity index (χ2v) is 9.43. The van der Waals surface area contributed by atoms with Gasteiger partial charge in [0.2, 0.25) is 5.95 Å². The summed E-state index contributed by atoms with van der Waals surface area (Å²) in [5.41, 5.74) is 5.55. The van der Waals surface area contributed by atoms with E-state index in [-0.39, 0.29) is 42.8 Å². The molecule has 2 aromatic heterocycles. The van der Waals surface area contributed by atoms with E-state index in [4.69, 9.17) is 19.5 Å². The summed E-state index contributed by atoms with van der Waals surface area (Å²) < 4.78 is 32.0. The van der Waals surface area contributed by atoms with E-state index in [1.54, 1.807) is 19.1 Å². The number of aromatic amines is 1. The molecule has 0 aliphatic carbocycles. The molecule has 0 saturated carbocycles. The number of rotatable bonds is 11. The molecular weight excluding hydrogens is 475 g/mol. The maximum absolute atomic E-state index is 13.5. The summed E-state index contributed by atoms with van der Waals surface area (Å²) >= 11 is 0. The van der Waals surface area contributed by atoms with Crippen LogP contribution in [0.15, 0.2) is 53.6 Å². The van der Waals surface area contributed by atoms with Gasteiger partial charge in [0, 0.05) is 5.39 Å². The van der Waals surface area contributed by atoms with E-state index in [9.17, 15) is 14.2 Å². The van der Waals surface area contributed by atoms with Gasteiger partial charge in [-0.05, 0) is 25.3 Å². The highest BCUT2D eigenvalue weighted by Crippen LogP contribution is 2.46. The predicted octanol–water partition coefficient (Wildman–Crippen LogP) is 2.60. The molecule has 2 atom stereocenters. The lowest BCUT2D eigenvalue weighted by Gasteiger charge is -2.23. The highest BCUT2D eigenvalue weighted by molar-refractivity contribution is 7.52. The van der Waals surface area contributed by atoms with Crippen molar-refractivity contribution in [2.75, 3.05) is 18.9 Å². The van der Waals surface area contributed by atoms with Crippen LogP contribution < -0.4 is 20.9 Å². The van der Waals surface area contributed by atoms with E-state index in [0.717, 1.165) is 10.8 Å². The van der Waals surface area contributed by atoms with Crippen molar-refractivity contribution in [1.82, 2.24) is 24.6 Å². The number of nitrogens with one attached hydrogen (secondary N) is 2. The van der Waals surface area contributed by atoms with Crippen LogP contribution in [0.2, 0.25) is 0 Å². The number of H-pyrrole nitrogens is 1. The molecule has 0 aliphatic rings. The van der Waals surface area contributed by atoms with Crippen LogP contribution in [-0.2, 0) is 25.4 Å². The fourth-order valence-electron chi connectivity index (χ4n) is 3.27. The molecule has 0 saturated heterocycles. The summed E-state index contributed by atoms with van der Waals surface area (Å²) in [6.45, 7) is 2.87. The third kappa shape index (κ3) is 5.75. The Morgan fingerprint density at radius 1 is 1.23 bits per heavy atom. The molecule has 0 bridgehead atoms. The van der Waals surface area contributed by atoms with Gasteiger partial charge in [0.1, 0.15) is 18.3 Å². The number of ketones is 1. The van der Waals surface area contributed by atoms with E-state index in [0.29, 0.717) is 5.75 Å². The number of aromatic nitrogens is 4. The second-order valence-electron chi connectivity index (χ2n) is 7.74. The molecule has 0 aliphatic heterocycles. The zero-order valence-corrected chi connectivity index (χ0v) is 20.0. The minimum absolute atomic E-state index is 0.00150. The molecule has 4 aromatic rings. The maximum Gasteiger partial charge on any atom is 0.459 e. The fraction of sp³-hybridized carbons (Fsp3) is 0.273. The number of imidazole rings is 1. The average Bonchev–Trinajstić information content (AvgIpc) is 3.22. The lowest BCUT2D eigenvalue weighted by molar-refractivity contribution is -0.118. The molecule has 13 heteroatoms. The van der Waals surface area contributed by atoms with E-state index in [2.05, 4.69) is 20.0 Å². The topological polar surface area (TPSA) is 163 Å². The first-order valence-electron chi connectivity index (χ1n) is 10.7. The number of benzene rings is 2. The van der Waals surface area contributed by atoms with Gasteiger partial charge in [-0.2, -0.15) is 4.98 Å². The zero-order chi connectivity index (χ0) is 25.0. The third-order valence-corrected chi connectivity index (χ3v) is 6.81. The van der Waals surface area contributed by atoms with Crippen molar-refractivity contribution in [3.8, 4) is 5.75 Å². The molecule has 184 valence electrons. The zero-order valence-electron chi connectivity index (χ0n) is 19.1. The monoisotopic (exact) mass is 500 g/mol. The highest BCUT2D eigenvalue weighted by atomic mass is 31.2. The van der Waals surface area contributed by atoms with Crippen molar-refractivity contribution in [3.63, 3.8) is 0 Å². The number of nitrogen functional groups attached to an aromatic ring is 1. The van der Waals surface area contributed by atoms with Crippen LogP contribution in [0.25, 0.3) is 21.9 Å². The fourth-order valence-corrected chi connectivity index (χ4v) is 4.84. The Morgan fingerprint density at radius 2 is 2.00 bits per heavy atom. The number of hydrogen-bond donors (Lipinski definition) is 3. The maximum atomic E-state index is 13.5. The van der Waals surface area contributed by atoms with Gasteiger partial charge in [-0.3, -0.25) is 23.7 Å². The first-order chi connectivity index (χ1) is 16.8. The summed E-state index contributed by atoms with van der Waals surface area (Å²) in [6.07, 6.45) is 1.40. The second kappa shape index (κ2) is 10.4. The Morgan fingerprint density at radius 3 is 2.80 bits per heavy atom. The first kappa shape index (κ1) is 24.6. The Balaban J connectivity index is 1.43. The van der Waals surface area contributed by atoms with Crippen molar-refractivity contribution in [2.45, 2.75) is 26.6 Å². The number of anilines is 1. The van der Waals surface area contributed by atoms with Gasteiger partial charge < -0.3 is 15.0 Å². The predicted molar refractivity (Wildman–Crippen MR) is 130 cm³/mol. The van der Waals surface area contributed by atoms with Gasteiger partial charge in [-0.15, -0.1) is 0 Å². The number of fused-ring (bicyclic) bond motifs is 2.